The third kappa shape index (κ3) is 3.82. The number of carbonyl (C=O) groups is 1. The molecule has 0 spiro atoms. The van der Waals surface area contributed by atoms with Crippen LogP contribution in [0.4, 0.5) is 27.6 Å². The van der Waals surface area contributed by atoms with Crippen molar-refractivity contribution in [2.75, 3.05) is 11.1 Å². The Labute approximate surface area is 132 Å². The first kappa shape index (κ1) is 17.3. The largest absolute Gasteiger partial charge is 0.325 e. The first-order valence-electron chi connectivity index (χ1n) is 6.32. The van der Waals surface area contributed by atoms with Crippen molar-refractivity contribution in [1.82, 2.24) is 0 Å². The Kier molecular flexibility index (Phi) is 5.25. The van der Waals surface area contributed by atoms with Gasteiger partial charge in [0.1, 0.15) is 0 Å². The Morgan fingerprint density at radius 2 is 1.39 bits per heavy atom. The van der Waals surface area contributed by atoms with Crippen molar-refractivity contribution in [3.63, 3.8) is 0 Å². The molecule has 0 saturated carbocycles. The van der Waals surface area contributed by atoms with E-state index >= 15 is 0 Å². The van der Waals surface area contributed by atoms with Crippen molar-refractivity contribution in [3.8, 4) is 0 Å². The first-order valence-corrected chi connectivity index (χ1v) is 7.30. The maximum atomic E-state index is 13.5. The van der Waals surface area contributed by atoms with E-state index in [0.29, 0.717) is 5.69 Å². The maximum absolute atomic E-state index is 13.5. The normalized spacial score (nSPS) is 10.7. The number of hydrogen-bond donors (Lipinski definition) is 1. The van der Waals surface area contributed by atoms with E-state index in [0.717, 1.165) is 5.56 Å². The van der Waals surface area contributed by atoms with Gasteiger partial charge in [0.25, 0.3) is 0 Å². The lowest BCUT2D eigenvalue weighted by Gasteiger charge is -2.08. The molecule has 0 atom stereocenters. The summed E-state index contributed by atoms with van der Waals surface area (Å²) in [6, 6.07) is 6.73. The Balaban J connectivity index is 2.09. The standard InChI is InChI=1S/C15H10F5NOS/c1-7-2-4-8(5-3-7)21-9(22)6-23-15-13(19)11(17)10(16)12(18)14(15)20/h2-5H,6H2,1H3,(H,21,22). The lowest BCUT2D eigenvalue weighted by Crippen LogP contribution is -2.14. The highest BCUT2D eigenvalue weighted by molar-refractivity contribution is 8.00. The number of amides is 1. The number of halogens is 5. The third-order valence-electron chi connectivity index (χ3n) is 2.85. The van der Waals surface area contributed by atoms with Gasteiger partial charge in [0.2, 0.25) is 11.7 Å². The van der Waals surface area contributed by atoms with E-state index in [9.17, 15) is 26.7 Å². The minimum absolute atomic E-state index is 0.232. The number of rotatable bonds is 4. The summed E-state index contributed by atoms with van der Waals surface area (Å²) in [5, 5.41) is 2.45. The molecule has 0 heterocycles. The van der Waals surface area contributed by atoms with Crippen LogP contribution in [0.3, 0.4) is 0 Å². The molecule has 0 unspecified atom stereocenters. The molecule has 23 heavy (non-hydrogen) atoms. The lowest BCUT2D eigenvalue weighted by atomic mass is 10.2. The Hall–Kier alpha value is -2.09. The van der Waals surface area contributed by atoms with Gasteiger partial charge in [-0.2, -0.15) is 0 Å². The number of carbonyl (C=O) groups excluding carboxylic acids is 1. The zero-order chi connectivity index (χ0) is 17.1. The van der Waals surface area contributed by atoms with Gasteiger partial charge < -0.3 is 5.32 Å². The van der Waals surface area contributed by atoms with Gasteiger partial charge in [-0.3, -0.25) is 4.79 Å². The molecule has 0 radical (unpaired) electrons. The van der Waals surface area contributed by atoms with Gasteiger partial charge >= 0.3 is 0 Å². The van der Waals surface area contributed by atoms with Gasteiger partial charge in [-0.25, -0.2) is 22.0 Å². The number of benzene rings is 2. The Bertz CT molecular complexity index is 720. The fraction of sp³-hybridized carbons (Fsp3) is 0.133. The SMILES string of the molecule is Cc1ccc(NC(=O)CSc2c(F)c(F)c(F)c(F)c2F)cc1. The molecule has 1 N–H and O–H groups in total. The molecule has 0 saturated heterocycles. The lowest BCUT2D eigenvalue weighted by molar-refractivity contribution is -0.113. The summed E-state index contributed by atoms with van der Waals surface area (Å²) in [7, 11) is 0. The summed E-state index contributed by atoms with van der Waals surface area (Å²) in [5.41, 5.74) is 1.43. The minimum atomic E-state index is -2.23. The molecule has 0 bridgehead atoms. The van der Waals surface area contributed by atoms with Crippen LogP contribution in [0.2, 0.25) is 0 Å². The number of anilines is 1. The van der Waals surface area contributed by atoms with Crippen LogP contribution in [-0.4, -0.2) is 11.7 Å². The molecule has 0 aromatic heterocycles. The van der Waals surface area contributed by atoms with E-state index in [1.807, 2.05) is 6.92 Å². The van der Waals surface area contributed by atoms with Gasteiger partial charge in [-0.15, -0.1) is 11.8 Å². The summed E-state index contributed by atoms with van der Waals surface area (Å²) in [4.78, 5) is 10.6. The molecule has 0 aliphatic heterocycles. The van der Waals surface area contributed by atoms with Gasteiger partial charge in [0, 0.05) is 5.69 Å². The number of nitrogens with one attached hydrogen (secondary N) is 1. The van der Waals surface area contributed by atoms with Gasteiger partial charge in [-0.05, 0) is 19.1 Å². The molecule has 0 aliphatic rings. The van der Waals surface area contributed by atoms with Crippen molar-refractivity contribution in [2.45, 2.75) is 11.8 Å². The number of hydrogen-bond acceptors (Lipinski definition) is 2. The van der Waals surface area contributed by atoms with Crippen molar-refractivity contribution < 1.29 is 26.7 Å². The van der Waals surface area contributed by atoms with Crippen LogP contribution in [0.15, 0.2) is 29.2 Å². The molecule has 0 fully saturated rings. The van der Waals surface area contributed by atoms with E-state index in [4.69, 9.17) is 0 Å². The van der Waals surface area contributed by atoms with Crippen LogP contribution in [0.5, 0.6) is 0 Å². The van der Waals surface area contributed by atoms with Crippen LogP contribution in [0.1, 0.15) is 5.56 Å². The Morgan fingerprint density at radius 1 is 0.913 bits per heavy atom. The predicted octanol–water partition coefficient (Wildman–Crippen LogP) is 4.42. The topological polar surface area (TPSA) is 29.1 Å². The molecule has 2 aromatic rings. The summed E-state index contributed by atoms with van der Waals surface area (Å²) >= 11 is 0.232. The highest BCUT2D eigenvalue weighted by Crippen LogP contribution is 2.30. The van der Waals surface area contributed by atoms with Crippen LogP contribution in [0, 0.1) is 36.0 Å². The summed E-state index contributed by atoms with van der Waals surface area (Å²) < 4.78 is 65.9. The predicted molar refractivity (Wildman–Crippen MR) is 76.8 cm³/mol. The maximum Gasteiger partial charge on any atom is 0.234 e. The van der Waals surface area contributed by atoms with Gasteiger partial charge in [0.15, 0.2) is 23.3 Å². The van der Waals surface area contributed by atoms with E-state index in [2.05, 4.69) is 5.32 Å². The van der Waals surface area contributed by atoms with Crippen LogP contribution >= 0.6 is 11.8 Å². The molecule has 122 valence electrons. The van der Waals surface area contributed by atoms with Crippen molar-refractivity contribution in [2.24, 2.45) is 0 Å². The van der Waals surface area contributed by atoms with Gasteiger partial charge in [0.05, 0.1) is 10.6 Å². The number of aryl methyl sites for hydroxylation is 1. The molecule has 2 nitrogen and oxygen atoms in total. The first-order chi connectivity index (χ1) is 10.8. The second-order valence-corrected chi connectivity index (χ2v) is 5.59. The van der Waals surface area contributed by atoms with Crippen molar-refractivity contribution >= 4 is 23.4 Å². The smallest absolute Gasteiger partial charge is 0.234 e. The highest BCUT2D eigenvalue weighted by Gasteiger charge is 2.26. The average molecular weight is 347 g/mol. The molecule has 8 heteroatoms. The van der Waals surface area contributed by atoms with Crippen LogP contribution < -0.4 is 5.32 Å². The fourth-order valence-corrected chi connectivity index (χ4v) is 2.46. The van der Waals surface area contributed by atoms with Crippen LogP contribution in [-0.2, 0) is 4.79 Å². The summed E-state index contributed by atoms with van der Waals surface area (Å²) in [6.07, 6.45) is 0. The fourth-order valence-electron chi connectivity index (χ4n) is 1.68. The van der Waals surface area contributed by atoms with E-state index in [1.54, 1.807) is 24.3 Å². The van der Waals surface area contributed by atoms with Gasteiger partial charge in [-0.1, -0.05) is 17.7 Å². The second-order valence-electron chi connectivity index (χ2n) is 4.60. The average Bonchev–Trinajstić information content (AvgIpc) is 2.53. The number of thioether (sulfide) groups is 1. The zero-order valence-corrected chi connectivity index (χ0v) is 12.5. The minimum Gasteiger partial charge on any atom is -0.325 e. The molecular formula is C15H10F5NOS. The molecule has 0 aliphatic carbocycles. The summed E-state index contributed by atoms with van der Waals surface area (Å²) in [5.74, 6) is -11.3. The molecule has 2 aromatic carbocycles. The highest BCUT2D eigenvalue weighted by atomic mass is 32.2. The van der Waals surface area contributed by atoms with E-state index in [1.165, 1.54) is 0 Å². The molecule has 2 rings (SSSR count). The molecular weight excluding hydrogens is 337 g/mol. The molecule has 1 amide bonds. The van der Waals surface area contributed by atoms with Crippen molar-refractivity contribution in [1.29, 1.82) is 0 Å². The van der Waals surface area contributed by atoms with E-state index in [-0.39, 0.29) is 11.8 Å². The van der Waals surface area contributed by atoms with E-state index < -0.39 is 45.6 Å². The third-order valence-corrected chi connectivity index (χ3v) is 3.91. The summed E-state index contributed by atoms with van der Waals surface area (Å²) in [6.45, 7) is 1.85. The Morgan fingerprint density at radius 3 is 1.91 bits per heavy atom. The van der Waals surface area contributed by atoms with Crippen LogP contribution in [0.25, 0.3) is 0 Å². The van der Waals surface area contributed by atoms with Crippen molar-refractivity contribution in [3.05, 3.63) is 58.9 Å². The quantitative estimate of drug-likeness (QED) is 0.384. The zero-order valence-electron chi connectivity index (χ0n) is 11.7. The monoisotopic (exact) mass is 347 g/mol. The second kappa shape index (κ2) is 6.99.